The summed E-state index contributed by atoms with van der Waals surface area (Å²) >= 11 is 1.61. The number of aromatic hydroxyl groups is 1. The van der Waals surface area contributed by atoms with Gasteiger partial charge in [-0.05, 0) is 67.8 Å². The highest BCUT2D eigenvalue weighted by Gasteiger charge is 2.35. The molecular weight excluding hydrogens is 384 g/mol. The van der Waals surface area contributed by atoms with Crippen LogP contribution >= 0.6 is 11.3 Å². The summed E-state index contributed by atoms with van der Waals surface area (Å²) in [7, 11) is 0. The fourth-order valence-corrected chi connectivity index (χ4v) is 4.92. The molecule has 1 atom stereocenters. The maximum absolute atomic E-state index is 12.4. The van der Waals surface area contributed by atoms with Crippen LogP contribution in [0.5, 0.6) is 5.75 Å². The molecule has 0 unspecified atom stereocenters. The van der Waals surface area contributed by atoms with E-state index in [1.54, 1.807) is 11.3 Å². The molecule has 3 heterocycles. The van der Waals surface area contributed by atoms with Crippen molar-refractivity contribution in [1.82, 2.24) is 15.1 Å². The van der Waals surface area contributed by atoms with Crippen molar-refractivity contribution in [2.75, 3.05) is 18.4 Å². The van der Waals surface area contributed by atoms with Crippen molar-refractivity contribution >= 4 is 33.1 Å². The van der Waals surface area contributed by atoms with Crippen molar-refractivity contribution in [2.24, 2.45) is 5.92 Å². The predicted octanol–water partition coefficient (Wildman–Crippen LogP) is 4.19. The van der Waals surface area contributed by atoms with Gasteiger partial charge in [0.2, 0.25) is 5.91 Å². The Kier molecular flexibility index (Phi) is 4.62. The number of carbonyl (C=O) groups excluding carboxylic acids is 1. The van der Waals surface area contributed by atoms with E-state index >= 15 is 0 Å². The van der Waals surface area contributed by atoms with E-state index in [4.69, 9.17) is 0 Å². The lowest BCUT2D eigenvalue weighted by atomic mass is 10.0. The van der Waals surface area contributed by atoms with E-state index in [0.29, 0.717) is 23.0 Å². The van der Waals surface area contributed by atoms with Crippen LogP contribution in [0.1, 0.15) is 31.2 Å². The van der Waals surface area contributed by atoms with E-state index in [-0.39, 0.29) is 17.7 Å². The minimum atomic E-state index is 0.196. The van der Waals surface area contributed by atoms with E-state index in [1.807, 2.05) is 41.5 Å². The Morgan fingerprint density at radius 1 is 1.24 bits per heavy atom. The molecule has 0 radical (unpaired) electrons. The largest absolute Gasteiger partial charge is 0.507 e. The number of phenols is 1. The molecule has 150 valence electrons. The molecule has 0 spiro atoms. The quantitative estimate of drug-likeness (QED) is 0.677. The molecule has 1 aliphatic carbocycles. The van der Waals surface area contributed by atoms with Gasteiger partial charge in [0.25, 0.3) is 0 Å². The lowest BCUT2D eigenvalue weighted by Gasteiger charge is -2.33. The van der Waals surface area contributed by atoms with Gasteiger partial charge in [-0.15, -0.1) is 21.5 Å². The summed E-state index contributed by atoms with van der Waals surface area (Å²) in [5.74, 6) is 1.55. The fourth-order valence-electron chi connectivity index (χ4n) is 4.13. The third-order valence-corrected chi connectivity index (χ3v) is 6.74. The first-order chi connectivity index (χ1) is 14.1. The van der Waals surface area contributed by atoms with Crippen molar-refractivity contribution in [2.45, 2.75) is 38.6 Å². The molecule has 6 nitrogen and oxygen atoms in total. The highest BCUT2D eigenvalue weighted by Crippen LogP contribution is 2.38. The van der Waals surface area contributed by atoms with Crippen LogP contribution in [0, 0.1) is 12.8 Å². The molecule has 0 bridgehead atoms. The number of fused-ring (bicyclic) bond motifs is 1. The second-order valence-electron chi connectivity index (χ2n) is 8.10. The number of nitrogens with zero attached hydrogens (tertiary/aromatic N) is 3. The first-order valence-electron chi connectivity index (χ1n) is 10.2. The van der Waals surface area contributed by atoms with E-state index in [9.17, 15) is 9.90 Å². The third kappa shape index (κ3) is 3.55. The number of thiophene rings is 1. The number of likely N-dealkylation sites (tertiary alicyclic amines) is 1. The topological polar surface area (TPSA) is 78.4 Å². The minimum Gasteiger partial charge on any atom is -0.507 e. The number of aromatic nitrogens is 2. The SMILES string of the molecule is Cc1cc(N[C@H]2CCCN(C(=O)C3CC3)C2)nnc1-c1ccc2sccc2c1O. The molecule has 2 N–H and O–H groups in total. The summed E-state index contributed by atoms with van der Waals surface area (Å²) < 4.78 is 1.05. The van der Waals surface area contributed by atoms with Crippen molar-refractivity contribution in [3.63, 3.8) is 0 Å². The minimum absolute atomic E-state index is 0.196. The maximum atomic E-state index is 12.4. The van der Waals surface area contributed by atoms with Gasteiger partial charge in [-0.3, -0.25) is 4.79 Å². The zero-order valence-corrected chi connectivity index (χ0v) is 17.2. The van der Waals surface area contributed by atoms with Gasteiger partial charge in [0.05, 0.1) is 5.69 Å². The smallest absolute Gasteiger partial charge is 0.225 e. The van der Waals surface area contributed by atoms with Gasteiger partial charge in [-0.25, -0.2) is 0 Å². The molecule has 7 heteroatoms. The number of aryl methyl sites for hydroxylation is 1. The van der Waals surface area contributed by atoms with Crippen LogP contribution in [-0.4, -0.2) is 45.2 Å². The molecule has 2 fully saturated rings. The Bertz CT molecular complexity index is 1080. The first kappa shape index (κ1) is 18.4. The van der Waals surface area contributed by atoms with Gasteiger partial charge in [0.15, 0.2) is 0 Å². The molecular formula is C22H24N4O2S. The predicted molar refractivity (Wildman–Crippen MR) is 115 cm³/mol. The number of amides is 1. The summed E-state index contributed by atoms with van der Waals surface area (Å²) in [6.45, 7) is 3.57. The van der Waals surface area contributed by atoms with Crippen molar-refractivity contribution in [1.29, 1.82) is 0 Å². The van der Waals surface area contributed by atoms with Crippen LogP contribution in [-0.2, 0) is 4.79 Å². The normalized spacial score (nSPS) is 19.5. The summed E-state index contributed by atoms with van der Waals surface area (Å²) in [6.07, 6.45) is 4.12. The summed E-state index contributed by atoms with van der Waals surface area (Å²) in [6, 6.07) is 8.01. The number of carbonyl (C=O) groups is 1. The Morgan fingerprint density at radius 3 is 2.90 bits per heavy atom. The van der Waals surface area contributed by atoms with Crippen LogP contribution in [0.2, 0.25) is 0 Å². The number of piperidine rings is 1. The lowest BCUT2D eigenvalue weighted by Crippen LogP contribution is -2.45. The molecule has 1 aromatic carbocycles. The summed E-state index contributed by atoms with van der Waals surface area (Å²) in [5.41, 5.74) is 2.34. The number of hydrogen-bond donors (Lipinski definition) is 2. The second kappa shape index (κ2) is 7.30. The molecule has 1 amide bonds. The molecule has 29 heavy (non-hydrogen) atoms. The number of benzene rings is 1. The molecule has 5 rings (SSSR count). The average Bonchev–Trinajstić information content (AvgIpc) is 3.46. The Morgan fingerprint density at radius 2 is 2.10 bits per heavy atom. The lowest BCUT2D eigenvalue weighted by molar-refractivity contribution is -0.133. The molecule has 3 aromatic rings. The van der Waals surface area contributed by atoms with Crippen LogP contribution in [0.3, 0.4) is 0 Å². The highest BCUT2D eigenvalue weighted by molar-refractivity contribution is 7.17. The summed E-state index contributed by atoms with van der Waals surface area (Å²) in [5, 5.41) is 25.7. The standard InChI is InChI=1S/C22H24N4O2S/c1-13-11-19(23-15-3-2-9-26(12-15)22(28)14-4-5-14)24-25-20(13)17-6-7-18-16(21(17)27)8-10-29-18/h6-8,10-11,14-15,27H,2-5,9,12H2,1H3,(H,23,24)/t15-/m0/s1. The number of rotatable bonds is 4. The number of nitrogens with one attached hydrogen (secondary N) is 1. The van der Waals surface area contributed by atoms with Gasteiger partial charge in [0, 0.05) is 40.7 Å². The highest BCUT2D eigenvalue weighted by atomic mass is 32.1. The van der Waals surface area contributed by atoms with E-state index < -0.39 is 0 Å². The second-order valence-corrected chi connectivity index (χ2v) is 9.05. The van der Waals surface area contributed by atoms with Gasteiger partial charge < -0.3 is 15.3 Å². The molecule has 1 saturated carbocycles. The zero-order chi connectivity index (χ0) is 20.0. The van der Waals surface area contributed by atoms with Gasteiger partial charge in [-0.2, -0.15) is 0 Å². The van der Waals surface area contributed by atoms with Crippen molar-refractivity contribution < 1.29 is 9.90 Å². The Hall–Kier alpha value is -2.67. The van der Waals surface area contributed by atoms with Crippen LogP contribution < -0.4 is 5.32 Å². The third-order valence-electron chi connectivity index (χ3n) is 5.86. The maximum Gasteiger partial charge on any atom is 0.225 e. The molecule has 2 aromatic heterocycles. The average molecular weight is 409 g/mol. The number of phenolic OH excluding ortho intramolecular Hbond substituents is 1. The fraction of sp³-hybridized carbons (Fsp3) is 0.409. The van der Waals surface area contributed by atoms with E-state index in [1.165, 1.54) is 0 Å². The van der Waals surface area contributed by atoms with E-state index in [0.717, 1.165) is 54.4 Å². The van der Waals surface area contributed by atoms with Crippen LogP contribution in [0.25, 0.3) is 21.3 Å². The van der Waals surface area contributed by atoms with Gasteiger partial charge in [-0.1, -0.05) is 0 Å². The molecule has 1 saturated heterocycles. The Balaban J connectivity index is 1.34. The molecule has 2 aliphatic rings. The van der Waals surface area contributed by atoms with E-state index in [2.05, 4.69) is 15.5 Å². The van der Waals surface area contributed by atoms with Gasteiger partial charge >= 0.3 is 0 Å². The summed E-state index contributed by atoms with van der Waals surface area (Å²) in [4.78, 5) is 14.4. The van der Waals surface area contributed by atoms with Crippen molar-refractivity contribution in [3.05, 3.63) is 35.2 Å². The number of anilines is 1. The zero-order valence-electron chi connectivity index (χ0n) is 16.4. The van der Waals surface area contributed by atoms with Gasteiger partial charge in [0.1, 0.15) is 11.6 Å². The Labute approximate surface area is 173 Å². The monoisotopic (exact) mass is 408 g/mol. The van der Waals surface area contributed by atoms with Crippen LogP contribution in [0.4, 0.5) is 5.82 Å². The first-order valence-corrected chi connectivity index (χ1v) is 11.1. The van der Waals surface area contributed by atoms with Crippen molar-refractivity contribution in [3.8, 4) is 17.0 Å². The van der Waals surface area contributed by atoms with Crippen LogP contribution in [0.15, 0.2) is 29.6 Å². The molecule has 1 aliphatic heterocycles. The number of hydrogen-bond acceptors (Lipinski definition) is 6.